The number of hydrogen-bond donors (Lipinski definition) is 1. The maximum atomic E-state index is 13.4. The molecule has 0 aromatic heterocycles. The van der Waals surface area contributed by atoms with Crippen molar-refractivity contribution in [1.29, 1.82) is 0 Å². The highest BCUT2D eigenvalue weighted by Crippen LogP contribution is 2.43. The molecule has 2 fully saturated rings. The Labute approximate surface area is 264 Å². The zero-order valence-corrected chi connectivity index (χ0v) is 28.4. The van der Waals surface area contributed by atoms with E-state index in [-0.39, 0.29) is 28.0 Å². The molecule has 1 amide bonds. The van der Waals surface area contributed by atoms with Gasteiger partial charge < -0.3 is 9.74 Å². The Bertz CT molecular complexity index is 1470. The van der Waals surface area contributed by atoms with Gasteiger partial charge in [-0.25, -0.2) is 0 Å². The summed E-state index contributed by atoms with van der Waals surface area (Å²) < 4.78 is 40.1. The van der Waals surface area contributed by atoms with Gasteiger partial charge in [0, 0.05) is 12.0 Å². The molecule has 3 atom stereocenters. The molecule has 1 N–H and O–H groups in total. The number of benzene rings is 3. The Kier molecular flexibility index (Phi) is 9.85. The topological polar surface area (TPSA) is 81.7 Å². The average molecular weight is 634 g/mol. The fourth-order valence-electron chi connectivity index (χ4n) is 7.41. The van der Waals surface area contributed by atoms with E-state index in [0.29, 0.717) is 18.8 Å². The van der Waals surface area contributed by atoms with Crippen LogP contribution in [0.25, 0.3) is 0 Å². The van der Waals surface area contributed by atoms with Crippen LogP contribution in [0.4, 0.5) is 0 Å². The number of amides is 1. The minimum atomic E-state index is -4.00. The predicted molar refractivity (Wildman–Crippen MR) is 178 cm³/mol. The van der Waals surface area contributed by atoms with Crippen molar-refractivity contribution in [2.75, 3.05) is 6.61 Å². The van der Waals surface area contributed by atoms with Gasteiger partial charge in [0.25, 0.3) is 18.4 Å². The van der Waals surface area contributed by atoms with Gasteiger partial charge in [0.15, 0.2) is 0 Å². The Morgan fingerprint density at radius 3 is 2.11 bits per heavy atom. The van der Waals surface area contributed by atoms with Crippen LogP contribution < -0.4 is 15.7 Å². The summed E-state index contributed by atoms with van der Waals surface area (Å²) >= 11 is 0. The number of carbonyl (C=O) groups is 1. The van der Waals surface area contributed by atoms with Gasteiger partial charge >= 0.3 is 0 Å². The molecule has 44 heavy (non-hydrogen) atoms. The number of fused-ring (bicyclic) bond motifs is 1. The summed E-state index contributed by atoms with van der Waals surface area (Å²) in [6, 6.07) is 27.5. The van der Waals surface area contributed by atoms with Crippen LogP contribution in [0, 0.1) is 12.8 Å². The zero-order chi connectivity index (χ0) is 31.4. The van der Waals surface area contributed by atoms with E-state index in [1.54, 1.807) is 24.3 Å². The number of hydrogen-bond acceptors (Lipinski definition) is 5. The van der Waals surface area contributed by atoms with Crippen LogP contribution in [0.15, 0.2) is 89.8 Å². The highest BCUT2D eigenvalue weighted by Gasteiger charge is 2.52. The van der Waals surface area contributed by atoms with Crippen molar-refractivity contribution in [2.24, 2.45) is 5.92 Å². The van der Waals surface area contributed by atoms with Gasteiger partial charge in [0.1, 0.15) is 0 Å². The van der Waals surface area contributed by atoms with Crippen LogP contribution in [0.1, 0.15) is 77.7 Å². The number of nitrogens with one attached hydrogen (secondary N) is 1. The molecular formula is C36H47NO5SSi. The van der Waals surface area contributed by atoms with Gasteiger partial charge in [-0.1, -0.05) is 112 Å². The van der Waals surface area contributed by atoms with Crippen molar-refractivity contribution in [1.82, 2.24) is 5.32 Å². The third-order valence-corrected chi connectivity index (χ3v) is 16.1. The van der Waals surface area contributed by atoms with Crippen molar-refractivity contribution >= 4 is 34.7 Å². The first-order chi connectivity index (χ1) is 21.0. The van der Waals surface area contributed by atoms with E-state index in [1.165, 1.54) is 6.42 Å². The second-order valence-corrected chi connectivity index (χ2v) is 19.5. The maximum Gasteiger partial charge on any atom is 0.297 e. The minimum Gasteiger partial charge on any atom is -0.402 e. The molecule has 6 nitrogen and oxygen atoms in total. The molecule has 0 unspecified atom stereocenters. The molecule has 236 valence electrons. The van der Waals surface area contributed by atoms with Gasteiger partial charge in [0.2, 0.25) is 5.91 Å². The zero-order valence-electron chi connectivity index (χ0n) is 26.6. The third kappa shape index (κ3) is 6.88. The van der Waals surface area contributed by atoms with E-state index in [2.05, 4.69) is 50.4 Å². The summed E-state index contributed by atoms with van der Waals surface area (Å²) in [6.45, 7) is 8.48. The molecule has 5 rings (SSSR count). The number of rotatable bonds is 11. The molecule has 1 aliphatic carbocycles. The molecule has 3 aromatic carbocycles. The molecule has 2 aliphatic rings. The Hall–Kier alpha value is -2.78. The molecule has 8 heteroatoms. The average Bonchev–Trinajstić information content (AvgIpc) is 3.01. The molecule has 0 radical (unpaired) electrons. The summed E-state index contributed by atoms with van der Waals surface area (Å²) in [6.07, 6.45) is 6.58. The third-order valence-electron chi connectivity index (χ3n) is 9.71. The van der Waals surface area contributed by atoms with Crippen LogP contribution in [0.5, 0.6) is 0 Å². The fraction of sp³-hybridized carbons (Fsp3) is 0.472. The molecule has 1 saturated heterocycles. The lowest BCUT2D eigenvalue weighted by atomic mass is 9.66. The molecule has 1 aliphatic heterocycles. The molecule has 3 aromatic rings. The SMILES string of the molecule is Cc1ccc(S(=O)(=O)OC[C@@H](CC[C@@]23CCCC[C@H]2CCC(=O)N3)O[Si](c2ccccc2)(c2ccccc2)C(C)(C)C)cc1. The standard InChI is InChI=1S/C36H47NO5SSi/c1-28-18-21-31(22-19-28)43(39,40)41-27-30(24-26-36-25-12-11-13-29(36)20-23-34(38)37-36)42-44(35(2,3)4,32-14-7-5-8-15-32)33-16-9-6-10-17-33/h5-10,14-19,21-22,29-30H,11-13,20,23-27H2,1-4H3,(H,37,38)/t29-,30+,36-/m0/s1. The number of aryl methyl sites for hydroxylation is 1. The van der Waals surface area contributed by atoms with E-state index < -0.39 is 24.5 Å². The second kappa shape index (κ2) is 13.3. The smallest absolute Gasteiger partial charge is 0.297 e. The van der Waals surface area contributed by atoms with Crippen molar-refractivity contribution in [3.05, 3.63) is 90.5 Å². The van der Waals surface area contributed by atoms with Crippen molar-refractivity contribution in [3.63, 3.8) is 0 Å². The van der Waals surface area contributed by atoms with E-state index in [1.807, 2.05) is 43.3 Å². The van der Waals surface area contributed by atoms with Gasteiger partial charge in [-0.3, -0.25) is 8.98 Å². The normalized spacial score (nSPS) is 21.7. The first kappa shape index (κ1) is 32.6. The molecular weight excluding hydrogens is 587 g/mol. The van der Waals surface area contributed by atoms with Gasteiger partial charge in [0.05, 0.1) is 17.6 Å². The minimum absolute atomic E-state index is 0.102. The second-order valence-electron chi connectivity index (χ2n) is 13.7. The lowest BCUT2D eigenvalue weighted by Gasteiger charge is -2.49. The molecule has 1 heterocycles. The van der Waals surface area contributed by atoms with Gasteiger partial charge in [-0.2, -0.15) is 8.42 Å². The Morgan fingerprint density at radius 2 is 1.52 bits per heavy atom. The fourth-order valence-corrected chi connectivity index (χ4v) is 13.0. The Balaban J connectivity index is 1.53. The van der Waals surface area contributed by atoms with Crippen LogP contribution in [-0.2, 0) is 23.5 Å². The van der Waals surface area contributed by atoms with Crippen molar-refractivity contribution in [2.45, 2.75) is 101 Å². The largest absolute Gasteiger partial charge is 0.402 e. The van der Waals surface area contributed by atoms with Crippen LogP contribution in [-0.4, -0.2) is 40.9 Å². The van der Waals surface area contributed by atoms with E-state index in [0.717, 1.165) is 48.0 Å². The highest BCUT2D eigenvalue weighted by atomic mass is 32.2. The first-order valence-electron chi connectivity index (χ1n) is 16.0. The molecule has 0 bridgehead atoms. The summed E-state index contributed by atoms with van der Waals surface area (Å²) in [7, 11) is -7.01. The van der Waals surface area contributed by atoms with Crippen molar-refractivity contribution in [3.8, 4) is 0 Å². The van der Waals surface area contributed by atoms with Crippen molar-refractivity contribution < 1.29 is 21.8 Å². The van der Waals surface area contributed by atoms with E-state index >= 15 is 0 Å². The lowest BCUT2D eigenvalue weighted by molar-refractivity contribution is -0.128. The van der Waals surface area contributed by atoms with Crippen LogP contribution in [0.3, 0.4) is 0 Å². The van der Waals surface area contributed by atoms with E-state index in [9.17, 15) is 13.2 Å². The monoisotopic (exact) mass is 633 g/mol. The lowest BCUT2D eigenvalue weighted by Crippen LogP contribution is -2.68. The molecule has 1 saturated carbocycles. The Morgan fingerprint density at radius 1 is 0.909 bits per heavy atom. The number of carbonyl (C=O) groups excluding carboxylic acids is 1. The predicted octanol–water partition coefficient (Wildman–Crippen LogP) is 6.26. The maximum absolute atomic E-state index is 13.4. The van der Waals surface area contributed by atoms with Crippen LogP contribution in [0.2, 0.25) is 5.04 Å². The quantitative estimate of drug-likeness (QED) is 0.199. The summed E-state index contributed by atoms with van der Waals surface area (Å²) in [5.74, 6) is 0.547. The highest BCUT2D eigenvalue weighted by molar-refractivity contribution is 7.86. The van der Waals surface area contributed by atoms with Gasteiger partial charge in [-0.05, 0) is 72.5 Å². The van der Waals surface area contributed by atoms with Gasteiger partial charge in [-0.15, -0.1) is 0 Å². The molecule has 0 spiro atoms. The van der Waals surface area contributed by atoms with E-state index in [4.69, 9.17) is 8.61 Å². The summed E-state index contributed by atoms with van der Waals surface area (Å²) in [5, 5.41) is 5.38. The first-order valence-corrected chi connectivity index (χ1v) is 19.3. The van der Waals surface area contributed by atoms with Crippen LogP contribution >= 0.6 is 0 Å². The number of piperidine rings is 1. The summed E-state index contributed by atoms with van der Waals surface area (Å²) in [5.41, 5.74) is 0.698. The summed E-state index contributed by atoms with van der Waals surface area (Å²) in [4.78, 5) is 12.8.